The highest BCUT2D eigenvalue weighted by Crippen LogP contribution is 2.15. The SMILES string of the molecule is CC(C)(C)OC(=O)CCCCCCCCCCCCCCCCC(=O)NCCCC(=O)NCOCCOCCOCCOCCOCCOCCOCCOCCOCCOCCOCCN. The highest BCUT2D eigenvalue weighted by Gasteiger charge is 2.15. The van der Waals surface area contributed by atoms with Crippen LogP contribution in [0.4, 0.5) is 0 Å². The normalized spacial score (nSPS) is 11.6. The van der Waals surface area contributed by atoms with E-state index in [-0.39, 0.29) is 30.1 Å². The van der Waals surface area contributed by atoms with E-state index in [9.17, 15) is 14.4 Å². The van der Waals surface area contributed by atoms with Gasteiger partial charge in [0.15, 0.2) is 0 Å². The van der Waals surface area contributed by atoms with E-state index >= 15 is 0 Å². The quantitative estimate of drug-likeness (QED) is 0.0380. The second-order valence-corrected chi connectivity index (χ2v) is 17.1. The van der Waals surface area contributed by atoms with E-state index < -0.39 is 0 Å². The molecule has 2 amide bonds. The number of hydrogen-bond donors (Lipinski definition) is 3. The maximum absolute atomic E-state index is 12.1. The fourth-order valence-electron chi connectivity index (χ4n) is 6.21. The summed E-state index contributed by atoms with van der Waals surface area (Å²) in [5, 5.41) is 5.64. The lowest BCUT2D eigenvalue weighted by Gasteiger charge is -2.19. The summed E-state index contributed by atoms with van der Waals surface area (Å²) in [6.45, 7) is 17.0. The summed E-state index contributed by atoms with van der Waals surface area (Å²) in [6.07, 6.45) is 18.6. The molecule has 0 rings (SSSR count). The number of hydrogen-bond acceptors (Lipinski definition) is 16. The molecule has 0 aromatic carbocycles. The predicted molar refractivity (Wildman–Crippen MR) is 258 cm³/mol. The lowest BCUT2D eigenvalue weighted by Crippen LogP contribution is -2.29. The van der Waals surface area contributed by atoms with Crippen molar-refractivity contribution in [2.24, 2.45) is 5.73 Å². The van der Waals surface area contributed by atoms with Gasteiger partial charge in [-0.15, -0.1) is 0 Å². The molecule has 0 bridgehead atoms. The summed E-state index contributed by atoms with van der Waals surface area (Å²) >= 11 is 0. The largest absolute Gasteiger partial charge is 0.460 e. The molecular formula is C49H97N3O15. The topological polar surface area (TPSA) is 212 Å². The third-order valence-corrected chi connectivity index (χ3v) is 9.71. The van der Waals surface area contributed by atoms with Crippen LogP contribution in [0.15, 0.2) is 0 Å². The Morgan fingerprint density at radius 1 is 0.343 bits per heavy atom. The molecule has 0 radical (unpaired) electrons. The van der Waals surface area contributed by atoms with Gasteiger partial charge in [-0.2, -0.15) is 0 Å². The van der Waals surface area contributed by atoms with Crippen LogP contribution in [0, 0.1) is 0 Å². The first-order valence-corrected chi connectivity index (χ1v) is 25.5. The summed E-state index contributed by atoms with van der Waals surface area (Å²) < 4.78 is 65.2. The van der Waals surface area contributed by atoms with Crippen LogP contribution in [0.3, 0.4) is 0 Å². The van der Waals surface area contributed by atoms with Crippen LogP contribution in [0.25, 0.3) is 0 Å². The van der Waals surface area contributed by atoms with Crippen molar-refractivity contribution in [1.29, 1.82) is 0 Å². The molecule has 0 spiro atoms. The number of nitrogens with two attached hydrogens (primary N) is 1. The molecule has 18 heteroatoms. The first-order valence-electron chi connectivity index (χ1n) is 25.5. The summed E-state index contributed by atoms with van der Waals surface area (Å²) in [4.78, 5) is 35.9. The van der Waals surface area contributed by atoms with Gasteiger partial charge in [-0.25, -0.2) is 0 Å². The Balaban J connectivity index is 3.24. The third-order valence-electron chi connectivity index (χ3n) is 9.71. The fourth-order valence-corrected chi connectivity index (χ4v) is 6.21. The van der Waals surface area contributed by atoms with Gasteiger partial charge in [-0.3, -0.25) is 14.4 Å². The molecule has 0 saturated heterocycles. The van der Waals surface area contributed by atoms with Gasteiger partial charge in [0.1, 0.15) is 12.3 Å². The van der Waals surface area contributed by atoms with Gasteiger partial charge in [-0.05, 0) is 40.0 Å². The van der Waals surface area contributed by atoms with Crippen LogP contribution in [-0.2, 0) is 71.2 Å². The van der Waals surface area contributed by atoms with Gasteiger partial charge in [0, 0.05) is 32.4 Å². The van der Waals surface area contributed by atoms with Gasteiger partial charge in [0.05, 0.1) is 139 Å². The molecule has 67 heavy (non-hydrogen) atoms. The van der Waals surface area contributed by atoms with E-state index in [1.54, 1.807) is 0 Å². The second kappa shape index (κ2) is 53.3. The van der Waals surface area contributed by atoms with Crippen molar-refractivity contribution in [1.82, 2.24) is 10.6 Å². The van der Waals surface area contributed by atoms with Gasteiger partial charge in [0.2, 0.25) is 11.8 Å². The number of carbonyl (C=O) groups is 3. The zero-order valence-corrected chi connectivity index (χ0v) is 42.4. The molecule has 0 aliphatic carbocycles. The van der Waals surface area contributed by atoms with E-state index in [0.29, 0.717) is 178 Å². The number of ether oxygens (including phenoxy) is 12. The average Bonchev–Trinajstić information content (AvgIpc) is 3.29. The molecule has 0 aromatic heterocycles. The van der Waals surface area contributed by atoms with Gasteiger partial charge in [-0.1, -0.05) is 77.0 Å². The molecule has 4 N–H and O–H groups in total. The van der Waals surface area contributed by atoms with Crippen LogP contribution in [0.5, 0.6) is 0 Å². The highest BCUT2D eigenvalue weighted by molar-refractivity contribution is 5.77. The molecule has 0 aromatic rings. The van der Waals surface area contributed by atoms with E-state index in [4.69, 9.17) is 62.6 Å². The smallest absolute Gasteiger partial charge is 0.306 e. The van der Waals surface area contributed by atoms with Gasteiger partial charge >= 0.3 is 5.97 Å². The van der Waals surface area contributed by atoms with Crippen molar-refractivity contribution >= 4 is 17.8 Å². The Labute approximate surface area is 405 Å². The number of esters is 1. The van der Waals surface area contributed by atoms with Crippen LogP contribution in [0.2, 0.25) is 0 Å². The van der Waals surface area contributed by atoms with Crippen LogP contribution in [0.1, 0.15) is 136 Å². The standard InChI is InChI=1S/C49H97N3O15/c1-49(2,3)67-48(55)21-17-15-13-11-9-7-5-4-6-8-10-12-14-16-19-46(53)51-23-18-20-47(54)52-45-66-44-43-65-42-41-64-40-39-63-38-37-62-36-35-61-34-33-60-32-31-59-30-29-58-28-27-57-26-25-56-24-22-50/h4-45,50H2,1-3H3,(H,51,53)(H,52,54). The van der Waals surface area contributed by atoms with Crippen molar-refractivity contribution < 1.29 is 71.2 Å². The Hall–Kier alpha value is -2.07. The summed E-state index contributed by atoms with van der Waals surface area (Å²) in [5.41, 5.74) is 4.95. The van der Waals surface area contributed by atoms with Crippen molar-refractivity contribution in [3.05, 3.63) is 0 Å². The lowest BCUT2D eigenvalue weighted by atomic mass is 10.0. The zero-order valence-electron chi connectivity index (χ0n) is 42.4. The molecule has 0 aliphatic rings. The Morgan fingerprint density at radius 2 is 0.612 bits per heavy atom. The van der Waals surface area contributed by atoms with E-state index in [0.717, 1.165) is 25.7 Å². The van der Waals surface area contributed by atoms with Crippen LogP contribution >= 0.6 is 0 Å². The van der Waals surface area contributed by atoms with Crippen LogP contribution in [-0.4, -0.2) is 182 Å². The minimum absolute atomic E-state index is 0.0572. The summed E-state index contributed by atoms with van der Waals surface area (Å²) in [7, 11) is 0. The van der Waals surface area contributed by atoms with Gasteiger partial charge in [0.25, 0.3) is 0 Å². The number of rotatable bonds is 55. The first-order chi connectivity index (χ1) is 32.7. The van der Waals surface area contributed by atoms with Crippen molar-refractivity contribution in [3.63, 3.8) is 0 Å². The number of nitrogens with one attached hydrogen (secondary N) is 2. The minimum atomic E-state index is -0.388. The highest BCUT2D eigenvalue weighted by atomic mass is 16.6. The van der Waals surface area contributed by atoms with E-state index in [2.05, 4.69) is 10.6 Å². The fraction of sp³-hybridized carbons (Fsp3) is 0.939. The monoisotopic (exact) mass is 968 g/mol. The maximum atomic E-state index is 12.1. The number of unbranched alkanes of at least 4 members (excludes halogenated alkanes) is 13. The third kappa shape index (κ3) is 58.2. The molecule has 0 fully saturated rings. The predicted octanol–water partition coefficient (Wildman–Crippen LogP) is 5.68. The summed E-state index contributed by atoms with van der Waals surface area (Å²) in [6, 6.07) is 0. The number of carbonyl (C=O) groups excluding carboxylic acids is 3. The Kier molecular flexibility index (Phi) is 51.6. The second-order valence-electron chi connectivity index (χ2n) is 17.1. The van der Waals surface area contributed by atoms with Crippen molar-refractivity contribution in [2.45, 2.75) is 142 Å². The molecule has 0 aliphatic heterocycles. The summed E-state index contributed by atoms with van der Waals surface area (Å²) in [5.74, 6) is -0.132. The Morgan fingerprint density at radius 3 is 0.940 bits per heavy atom. The average molecular weight is 968 g/mol. The first kappa shape index (κ1) is 64.9. The van der Waals surface area contributed by atoms with Gasteiger partial charge < -0.3 is 73.2 Å². The van der Waals surface area contributed by atoms with E-state index in [1.165, 1.54) is 64.2 Å². The molecule has 0 atom stereocenters. The minimum Gasteiger partial charge on any atom is -0.460 e. The molecular weight excluding hydrogens is 871 g/mol. The molecule has 0 heterocycles. The Bertz CT molecular complexity index is 1060. The van der Waals surface area contributed by atoms with Crippen molar-refractivity contribution in [3.8, 4) is 0 Å². The molecule has 0 unspecified atom stereocenters. The molecule has 18 nitrogen and oxygen atoms in total. The number of amides is 2. The maximum Gasteiger partial charge on any atom is 0.306 e. The molecule has 0 saturated carbocycles. The molecule has 398 valence electrons. The zero-order chi connectivity index (χ0) is 48.8. The van der Waals surface area contributed by atoms with E-state index in [1.807, 2.05) is 20.8 Å². The lowest BCUT2D eigenvalue weighted by molar-refractivity contribution is -0.155. The van der Waals surface area contributed by atoms with Crippen LogP contribution < -0.4 is 16.4 Å². The van der Waals surface area contributed by atoms with Crippen molar-refractivity contribution in [2.75, 3.05) is 159 Å².